The molecule has 0 aromatic carbocycles. The third kappa shape index (κ3) is 9.72. The quantitative estimate of drug-likeness (QED) is 0.169. The van der Waals surface area contributed by atoms with Crippen LogP contribution >= 0.6 is 0 Å². The zero-order chi connectivity index (χ0) is 23.9. The van der Waals surface area contributed by atoms with Gasteiger partial charge in [0, 0.05) is 50.6 Å². The molecule has 2 heterocycles. The number of ether oxygens (including phenoxy) is 3. The molecule has 180 valence electrons. The van der Waals surface area contributed by atoms with Crippen LogP contribution in [0.4, 0.5) is 4.39 Å². The molecule has 1 aromatic heterocycles. The lowest BCUT2D eigenvalue weighted by atomic mass is 10.2. The Labute approximate surface area is 197 Å². The molecule has 0 N–H and O–H groups in total. The minimum absolute atomic E-state index is 0.176. The fourth-order valence-corrected chi connectivity index (χ4v) is 3.24. The fraction of sp³-hybridized carbons (Fsp3) is 0.462. The average Bonchev–Trinajstić information content (AvgIpc) is 2.83. The van der Waals surface area contributed by atoms with Crippen LogP contribution in [0.1, 0.15) is 44.4 Å². The average molecular weight is 458 g/mol. The van der Waals surface area contributed by atoms with Gasteiger partial charge < -0.3 is 14.2 Å². The molecule has 1 saturated heterocycles. The third-order valence-corrected chi connectivity index (χ3v) is 5.16. The highest BCUT2D eigenvalue weighted by molar-refractivity contribution is 5.85. The van der Waals surface area contributed by atoms with Crippen molar-refractivity contribution in [1.29, 1.82) is 0 Å². The number of pyridine rings is 1. The summed E-state index contributed by atoms with van der Waals surface area (Å²) in [5.41, 5.74) is 1.52. The molecular weight excluding hydrogens is 421 g/mol. The normalized spacial score (nSPS) is 16.3. The fourth-order valence-electron chi connectivity index (χ4n) is 3.24. The van der Waals surface area contributed by atoms with Crippen LogP contribution in [0.15, 0.2) is 65.6 Å². The van der Waals surface area contributed by atoms with Gasteiger partial charge in [-0.3, -0.25) is 9.88 Å². The lowest BCUT2D eigenvalue weighted by Gasteiger charge is -2.26. The summed E-state index contributed by atoms with van der Waals surface area (Å²) in [4.78, 5) is 11.2. The lowest BCUT2D eigenvalue weighted by molar-refractivity contribution is 0.0343. The van der Waals surface area contributed by atoms with E-state index in [1.54, 1.807) is 37.6 Å². The monoisotopic (exact) mass is 457 g/mol. The Morgan fingerprint density at radius 3 is 2.76 bits per heavy atom. The molecule has 0 spiro atoms. The Balaban J connectivity index is 2.00. The minimum Gasteiger partial charge on any atom is -0.478 e. The Bertz CT molecular complexity index is 872. The zero-order valence-corrected chi connectivity index (χ0v) is 20.1. The summed E-state index contributed by atoms with van der Waals surface area (Å²) in [6.07, 6.45) is 11.7. The highest BCUT2D eigenvalue weighted by atomic mass is 19.1. The molecule has 1 aromatic rings. The molecule has 6 nitrogen and oxygen atoms in total. The summed E-state index contributed by atoms with van der Waals surface area (Å²) in [5.74, 6) is 1.59. The predicted molar refractivity (Wildman–Crippen MR) is 131 cm³/mol. The molecule has 0 aliphatic carbocycles. The van der Waals surface area contributed by atoms with Gasteiger partial charge in [-0.15, -0.1) is 0 Å². The topological polar surface area (TPSA) is 56.2 Å². The van der Waals surface area contributed by atoms with Crippen LogP contribution in [0.5, 0.6) is 5.75 Å². The highest BCUT2D eigenvalue weighted by Crippen LogP contribution is 2.24. The van der Waals surface area contributed by atoms with Crippen molar-refractivity contribution >= 4 is 6.21 Å². The number of hydrogen-bond acceptors (Lipinski definition) is 6. The molecule has 2 rings (SSSR count). The van der Waals surface area contributed by atoms with E-state index in [4.69, 9.17) is 14.2 Å². The van der Waals surface area contributed by atoms with Gasteiger partial charge in [0.2, 0.25) is 5.88 Å². The first-order chi connectivity index (χ1) is 16.1. The molecule has 33 heavy (non-hydrogen) atoms. The van der Waals surface area contributed by atoms with Gasteiger partial charge in [-0.25, -0.2) is 9.38 Å². The van der Waals surface area contributed by atoms with E-state index in [9.17, 15) is 4.39 Å². The zero-order valence-electron chi connectivity index (χ0n) is 20.1. The molecule has 0 bridgehead atoms. The molecule has 0 unspecified atom stereocenters. The number of rotatable bonds is 13. The maximum atomic E-state index is 13.6. The number of morpholine rings is 1. The number of nitrogens with zero attached hydrogens (tertiary/aromatic N) is 3. The third-order valence-electron chi connectivity index (χ3n) is 5.16. The van der Waals surface area contributed by atoms with E-state index < -0.39 is 0 Å². The van der Waals surface area contributed by atoms with Crippen molar-refractivity contribution in [2.45, 2.75) is 40.0 Å². The number of aromatic nitrogens is 1. The van der Waals surface area contributed by atoms with Crippen LogP contribution in [-0.4, -0.2) is 55.6 Å². The van der Waals surface area contributed by atoms with E-state index >= 15 is 0 Å². The van der Waals surface area contributed by atoms with Crippen molar-refractivity contribution in [2.75, 3.05) is 39.5 Å². The number of aliphatic imine (C=N–C) groups is 1. The highest BCUT2D eigenvalue weighted by Gasteiger charge is 2.11. The Hall–Kier alpha value is -2.77. The summed E-state index contributed by atoms with van der Waals surface area (Å²) in [5, 5.41) is 0. The van der Waals surface area contributed by atoms with E-state index in [0.29, 0.717) is 30.4 Å². The van der Waals surface area contributed by atoms with Crippen LogP contribution < -0.4 is 4.74 Å². The molecule has 0 saturated carbocycles. The first-order valence-corrected chi connectivity index (χ1v) is 11.5. The SMILES string of the molecule is C=C/C=C(\CC/C(F)=C\C)Oc1ccnc(C)c1/C=N\C(=C/C)OCCCN1CCOCC1. The van der Waals surface area contributed by atoms with Gasteiger partial charge in [-0.05, 0) is 45.4 Å². The minimum atomic E-state index is -0.176. The summed E-state index contributed by atoms with van der Waals surface area (Å²) < 4.78 is 30.9. The summed E-state index contributed by atoms with van der Waals surface area (Å²) >= 11 is 0. The Morgan fingerprint density at radius 2 is 2.06 bits per heavy atom. The van der Waals surface area contributed by atoms with Gasteiger partial charge in [-0.1, -0.05) is 18.7 Å². The number of hydrogen-bond donors (Lipinski definition) is 0. The van der Waals surface area contributed by atoms with Crippen LogP contribution in [0.25, 0.3) is 0 Å². The molecule has 0 amide bonds. The molecular formula is C26H36FN3O3. The molecule has 0 atom stereocenters. The van der Waals surface area contributed by atoms with Crippen molar-refractivity contribution in [3.8, 4) is 5.75 Å². The van der Waals surface area contributed by atoms with Gasteiger partial charge in [0.1, 0.15) is 11.5 Å². The second kappa shape index (κ2) is 15.1. The summed E-state index contributed by atoms with van der Waals surface area (Å²) in [7, 11) is 0. The predicted octanol–water partition coefficient (Wildman–Crippen LogP) is 5.51. The first kappa shape index (κ1) is 26.5. The van der Waals surface area contributed by atoms with Crippen molar-refractivity contribution in [3.05, 3.63) is 71.9 Å². The first-order valence-electron chi connectivity index (χ1n) is 11.5. The lowest BCUT2D eigenvalue weighted by Crippen LogP contribution is -2.37. The molecule has 1 aliphatic rings. The molecule has 1 aliphatic heterocycles. The Morgan fingerprint density at radius 1 is 1.27 bits per heavy atom. The van der Waals surface area contributed by atoms with Crippen molar-refractivity contribution in [1.82, 2.24) is 9.88 Å². The van der Waals surface area contributed by atoms with Crippen LogP contribution in [0.3, 0.4) is 0 Å². The van der Waals surface area contributed by atoms with Crippen molar-refractivity contribution in [2.24, 2.45) is 4.99 Å². The van der Waals surface area contributed by atoms with Crippen LogP contribution in [0, 0.1) is 6.92 Å². The summed E-state index contributed by atoms with van der Waals surface area (Å²) in [6, 6.07) is 1.77. The molecule has 7 heteroatoms. The van der Waals surface area contributed by atoms with Gasteiger partial charge >= 0.3 is 0 Å². The maximum absolute atomic E-state index is 13.6. The van der Waals surface area contributed by atoms with E-state index in [1.165, 1.54) is 6.08 Å². The van der Waals surface area contributed by atoms with E-state index in [1.807, 2.05) is 19.9 Å². The second-order valence-electron chi connectivity index (χ2n) is 7.56. The van der Waals surface area contributed by atoms with Gasteiger partial charge in [-0.2, -0.15) is 0 Å². The smallest absolute Gasteiger partial charge is 0.208 e. The van der Waals surface area contributed by atoms with E-state index in [0.717, 1.165) is 50.5 Å². The van der Waals surface area contributed by atoms with Gasteiger partial charge in [0.25, 0.3) is 0 Å². The maximum Gasteiger partial charge on any atom is 0.208 e. The van der Waals surface area contributed by atoms with E-state index in [-0.39, 0.29) is 12.2 Å². The van der Waals surface area contributed by atoms with Gasteiger partial charge in [0.15, 0.2) is 0 Å². The largest absolute Gasteiger partial charge is 0.478 e. The second-order valence-corrected chi connectivity index (χ2v) is 7.56. The van der Waals surface area contributed by atoms with Gasteiger partial charge in [0.05, 0.1) is 31.2 Å². The summed E-state index contributed by atoms with van der Waals surface area (Å²) in [6.45, 7) is 14.3. The Kier molecular flexibility index (Phi) is 12.1. The van der Waals surface area contributed by atoms with Crippen LogP contribution in [0.2, 0.25) is 0 Å². The number of allylic oxidation sites excluding steroid dienone is 6. The number of aryl methyl sites for hydroxylation is 1. The molecule has 0 radical (unpaired) electrons. The van der Waals surface area contributed by atoms with E-state index in [2.05, 4.69) is 21.5 Å². The van der Waals surface area contributed by atoms with Crippen LogP contribution in [-0.2, 0) is 9.47 Å². The molecule has 1 fully saturated rings. The standard InChI is InChI=1S/C26H36FN3O3/c1-5-9-23(11-10-22(27)6-2)33-25-12-13-28-21(4)24(25)20-29-26(7-3)32-17-8-14-30-15-18-31-19-16-30/h5-7,9,12-13,20H,1,8,10-11,14-19H2,2-4H3/b22-6+,23-9+,26-7+,29-20-. The van der Waals surface area contributed by atoms with Crippen molar-refractivity contribution < 1.29 is 18.6 Å². The van der Waals surface area contributed by atoms with Crippen molar-refractivity contribution in [3.63, 3.8) is 0 Å². The number of halogens is 1.